The first-order valence-corrected chi connectivity index (χ1v) is 9.50. The minimum atomic E-state index is -3.66. The van der Waals surface area contributed by atoms with Gasteiger partial charge in [-0.15, -0.1) is 12.4 Å². The largest absolute Gasteiger partial charge is 0.338 e. The van der Waals surface area contributed by atoms with Gasteiger partial charge in [0, 0.05) is 0 Å². The molecule has 25 heavy (non-hydrogen) atoms. The van der Waals surface area contributed by atoms with Crippen molar-refractivity contribution in [2.24, 2.45) is 5.73 Å². The van der Waals surface area contributed by atoms with Gasteiger partial charge in [0.1, 0.15) is 0 Å². The van der Waals surface area contributed by atoms with Crippen LogP contribution < -0.4 is 10.5 Å². The molecule has 1 fully saturated rings. The first-order chi connectivity index (χ1) is 11.3. The summed E-state index contributed by atoms with van der Waals surface area (Å²) >= 11 is 0. The lowest BCUT2D eigenvalue weighted by molar-refractivity contribution is 0.333. The summed E-state index contributed by atoms with van der Waals surface area (Å²) in [6, 6.07) is 6.00. The fourth-order valence-corrected chi connectivity index (χ4v) is 4.11. The summed E-state index contributed by atoms with van der Waals surface area (Å²) in [6.45, 7) is 3.57. The van der Waals surface area contributed by atoms with Crippen molar-refractivity contribution in [3.63, 3.8) is 0 Å². The highest BCUT2D eigenvalue weighted by Crippen LogP contribution is 2.35. The second-order valence-electron chi connectivity index (χ2n) is 6.48. The summed E-state index contributed by atoms with van der Waals surface area (Å²) in [5, 5.41) is 3.96. The maximum absolute atomic E-state index is 12.4. The Bertz CT molecular complexity index is 814. The molecule has 0 saturated heterocycles. The Morgan fingerprint density at radius 1 is 1.24 bits per heavy atom. The maximum atomic E-state index is 12.4. The van der Waals surface area contributed by atoms with Gasteiger partial charge >= 0.3 is 0 Å². The average molecular weight is 387 g/mol. The summed E-state index contributed by atoms with van der Waals surface area (Å²) in [5.74, 6) is 0.675. The standard InChI is InChI=1S/C16H22N4O3S.ClH/c1-11-5-7-13(8-6-11)24(21,22)20-12(2)14-18-15(19-23-14)16(17)9-3-4-10-16;/h5-8,12,20H,3-4,9-10,17H2,1-2H3;1H. The molecule has 0 aliphatic heterocycles. The number of sulfonamides is 1. The van der Waals surface area contributed by atoms with E-state index in [4.69, 9.17) is 10.3 Å². The third-order valence-electron chi connectivity index (χ3n) is 4.42. The van der Waals surface area contributed by atoms with E-state index in [0.717, 1.165) is 31.2 Å². The molecule has 0 bridgehead atoms. The number of aromatic nitrogens is 2. The van der Waals surface area contributed by atoms with E-state index >= 15 is 0 Å². The molecule has 1 aromatic carbocycles. The Morgan fingerprint density at radius 2 is 1.84 bits per heavy atom. The molecule has 0 radical (unpaired) electrons. The topological polar surface area (TPSA) is 111 Å². The fourth-order valence-electron chi connectivity index (χ4n) is 2.91. The molecule has 1 unspecified atom stereocenters. The number of hydrogen-bond acceptors (Lipinski definition) is 6. The summed E-state index contributed by atoms with van der Waals surface area (Å²) < 4.78 is 32.7. The lowest BCUT2D eigenvalue weighted by Gasteiger charge is -2.17. The van der Waals surface area contributed by atoms with Crippen molar-refractivity contribution in [1.82, 2.24) is 14.9 Å². The van der Waals surface area contributed by atoms with Crippen molar-refractivity contribution in [1.29, 1.82) is 0 Å². The van der Waals surface area contributed by atoms with Crippen LogP contribution in [0.25, 0.3) is 0 Å². The monoisotopic (exact) mass is 386 g/mol. The van der Waals surface area contributed by atoms with Gasteiger partial charge in [-0.25, -0.2) is 8.42 Å². The third kappa shape index (κ3) is 4.20. The van der Waals surface area contributed by atoms with Crippen molar-refractivity contribution >= 4 is 22.4 Å². The van der Waals surface area contributed by atoms with Crippen LogP contribution in [0.2, 0.25) is 0 Å². The molecule has 0 spiro atoms. The van der Waals surface area contributed by atoms with Crippen LogP contribution in [-0.4, -0.2) is 18.6 Å². The number of benzene rings is 1. The van der Waals surface area contributed by atoms with Crippen LogP contribution in [0.5, 0.6) is 0 Å². The van der Waals surface area contributed by atoms with Gasteiger partial charge in [0.15, 0.2) is 5.82 Å². The van der Waals surface area contributed by atoms with Crippen molar-refractivity contribution in [3.8, 4) is 0 Å². The number of hydrogen-bond donors (Lipinski definition) is 2. The molecule has 1 heterocycles. The van der Waals surface area contributed by atoms with E-state index in [1.807, 2.05) is 6.92 Å². The van der Waals surface area contributed by atoms with Crippen molar-refractivity contribution in [3.05, 3.63) is 41.5 Å². The van der Waals surface area contributed by atoms with Gasteiger partial charge < -0.3 is 10.3 Å². The zero-order valence-corrected chi connectivity index (χ0v) is 15.9. The van der Waals surface area contributed by atoms with E-state index in [2.05, 4.69) is 14.9 Å². The lowest BCUT2D eigenvalue weighted by Crippen LogP contribution is -2.34. The summed E-state index contributed by atoms with van der Waals surface area (Å²) in [7, 11) is -3.66. The predicted octanol–water partition coefficient (Wildman–Crippen LogP) is 2.57. The van der Waals surface area contributed by atoms with E-state index in [1.165, 1.54) is 0 Å². The van der Waals surface area contributed by atoms with Gasteiger partial charge in [0.2, 0.25) is 15.9 Å². The normalized spacial score (nSPS) is 17.9. The molecule has 1 aromatic heterocycles. The Morgan fingerprint density at radius 3 is 2.44 bits per heavy atom. The van der Waals surface area contributed by atoms with E-state index < -0.39 is 21.6 Å². The molecule has 9 heteroatoms. The van der Waals surface area contributed by atoms with E-state index in [0.29, 0.717) is 5.82 Å². The van der Waals surface area contributed by atoms with Crippen LogP contribution in [0.4, 0.5) is 0 Å². The van der Waals surface area contributed by atoms with Gasteiger partial charge in [-0.1, -0.05) is 35.7 Å². The third-order valence-corrected chi connectivity index (χ3v) is 5.97. The Kier molecular flexibility index (Phi) is 5.88. The van der Waals surface area contributed by atoms with E-state index in [1.54, 1.807) is 31.2 Å². The molecule has 138 valence electrons. The Balaban J connectivity index is 0.00000225. The zero-order valence-electron chi connectivity index (χ0n) is 14.2. The highest BCUT2D eigenvalue weighted by Gasteiger charge is 2.36. The van der Waals surface area contributed by atoms with Gasteiger partial charge in [-0.2, -0.15) is 9.71 Å². The second kappa shape index (κ2) is 7.41. The molecule has 3 rings (SSSR count). The zero-order chi connectivity index (χ0) is 17.4. The van der Waals surface area contributed by atoms with Gasteiger partial charge in [-0.3, -0.25) is 0 Å². The molecular formula is C16H23ClN4O3S. The molecule has 1 atom stereocenters. The van der Waals surface area contributed by atoms with Crippen LogP contribution in [0.1, 0.15) is 55.9 Å². The summed E-state index contributed by atoms with van der Waals surface area (Å²) in [6.07, 6.45) is 3.71. The smallest absolute Gasteiger partial charge is 0.244 e. The second-order valence-corrected chi connectivity index (χ2v) is 8.19. The summed E-state index contributed by atoms with van der Waals surface area (Å²) in [5.41, 5.74) is 6.74. The first-order valence-electron chi connectivity index (χ1n) is 8.02. The van der Waals surface area contributed by atoms with Crippen LogP contribution in [-0.2, 0) is 15.6 Å². The minimum Gasteiger partial charge on any atom is -0.338 e. The van der Waals surface area contributed by atoms with Crippen molar-refractivity contribution in [2.75, 3.05) is 0 Å². The molecule has 7 nitrogen and oxygen atoms in total. The molecule has 1 saturated carbocycles. The average Bonchev–Trinajstić information content (AvgIpc) is 3.17. The number of nitrogens with zero attached hydrogens (tertiary/aromatic N) is 2. The quantitative estimate of drug-likeness (QED) is 0.816. The predicted molar refractivity (Wildman–Crippen MR) is 95.8 cm³/mol. The van der Waals surface area contributed by atoms with E-state index in [9.17, 15) is 8.42 Å². The summed E-state index contributed by atoms with van der Waals surface area (Å²) in [4.78, 5) is 4.53. The molecule has 0 amide bonds. The lowest BCUT2D eigenvalue weighted by atomic mass is 9.99. The van der Waals surface area contributed by atoms with Crippen molar-refractivity contribution < 1.29 is 12.9 Å². The van der Waals surface area contributed by atoms with Gasteiger partial charge in [-0.05, 0) is 38.8 Å². The molecule has 3 N–H and O–H groups in total. The minimum absolute atomic E-state index is 0. The highest BCUT2D eigenvalue weighted by molar-refractivity contribution is 7.89. The number of nitrogens with one attached hydrogen (secondary N) is 1. The van der Waals surface area contributed by atoms with Crippen LogP contribution >= 0.6 is 12.4 Å². The number of aryl methyl sites for hydroxylation is 1. The fraction of sp³-hybridized carbons (Fsp3) is 0.500. The van der Waals surface area contributed by atoms with Crippen LogP contribution in [0.3, 0.4) is 0 Å². The molecule has 2 aromatic rings. The van der Waals surface area contributed by atoms with Crippen LogP contribution in [0, 0.1) is 6.92 Å². The Labute approximate surface area is 153 Å². The van der Waals surface area contributed by atoms with Gasteiger partial charge in [0.25, 0.3) is 0 Å². The van der Waals surface area contributed by atoms with E-state index in [-0.39, 0.29) is 23.2 Å². The van der Waals surface area contributed by atoms with Gasteiger partial charge in [0.05, 0.1) is 16.5 Å². The molecule has 1 aliphatic carbocycles. The van der Waals surface area contributed by atoms with Crippen molar-refractivity contribution in [2.45, 2.75) is 56.0 Å². The van der Waals surface area contributed by atoms with Crippen LogP contribution in [0.15, 0.2) is 33.7 Å². The SMILES string of the molecule is Cc1ccc(S(=O)(=O)NC(C)c2nc(C3(N)CCCC3)no2)cc1.Cl. The molecular weight excluding hydrogens is 364 g/mol. The number of nitrogens with two attached hydrogens (primary N) is 1. The first kappa shape index (κ1) is 19.8. The Hall–Kier alpha value is -1.48. The highest BCUT2D eigenvalue weighted by atomic mass is 35.5. The maximum Gasteiger partial charge on any atom is 0.244 e. The number of halogens is 1. The molecule has 1 aliphatic rings. The number of rotatable bonds is 5.